The summed E-state index contributed by atoms with van der Waals surface area (Å²) in [5.41, 5.74) is 2.44. The summed E-state index contributed by atoms with van der Waals surface area (Å²) < 4.78 is 10.4. The highest BCUT2D eigenvalue weighted by molar-refractivity contribution is 5.86. The minimum Gasteiger partial charge on any atom is -0.490 e. The molecule has 1 saturated heterocycles. The molecule has 0 spiro atoms. The van der Waals surface area contributed by atoms with E-state index in [-0.39, 0.29) is 11.7 Å². The number of pyridine rings is 1. The van der Waals surface area contributed by atoms with Gasteiger partial charge in [-0.2, -0.15) is 0 Å². The average Bonchev–Trinajstić information content (AvgIpc) is 3.45. The lowest BCUT2D eigenvalue weighted by Crippen LogP contribution is -2.38. The van der Waals surface area contributed by atoms with Gasteiger partial charge in [-0.3, -0.25) is 9.69 Å². The van der Waals surface area contributed by atoms with Crippen molar-refractivity contribution < 1.29 is 4.74 Å². The third-order valence-corrected chi connectivity index (χ3v) is 6.33. The molecular weight excluding hydrogens is 362 g/mol. The summed E-state index contributed by atoms with van der Waals surface area (Å²) in [6.45, 7) is 3.97. The molecule has 0 unspecified atom stereocenters. The maximum atomic E-state index is 11.8. The Balaban J connectivity index is 1.21. The molecule has 2 fully saturated rings. The SMILES string of the molecule is Cn1ccc(CN2CCC(Oc3cccc4c3ccn4CC3CC3)CC2)cc1=O. The second-order valence-electron chi connectivity index (χ2n) is 8.68. The van der Waals surface area contributed by atoms with Gasteiger partial charge in [0.2, 0.25) is 0 Å². The van der Waals surface area contributed by atoms with Crippen LogP contribution in [0.5, 0.6) is 5.75 Å². The van der Waals surface area contributed by atoms with E-state index in [4.69, 9.17) is 4.74 Å². The van der Waals surface area contributed by atoms with Gasteiger partial charge in [0.1, 0.15) is 11.9 Å². The molecule has 0 N–H and O–H groups in total. The van der Waals surface area contributed by atoms with Crippen molar-refractivity contribution in [3.05, 3.63) is 64.7 Å². The van der Waals surface area contributed by atoms with Crippen LogP contribution in [0.3, 0.4) is 0 Å². The Labute approximate surface area is 171 Å². The summed E-state index contributed by atoms with van der Waals surface area (Å²) >= 11 is 0. The van der Waals surface area contributed by atoms with E-state index in [1.165, 1.54) is 23.7 Å². The van der Waals surface area contributed by atoms with Gasteiger partial charge in [-0.1, -0.05) is 6.07 Å². The number of aryl methyl sites for hydroxylation is 1. The Bertz CT molecular complexity index is 1060. The molecule has 1 aliphatic carbocycles. The van der Waals surface area contributed by atoms with E-state index in [1.807, 2.05) is 12.3 Å². The van der Waals surface area contributed by atoms with Crippen LogP contribution in [0.25, 0.3) is 10.9 Å². The smallest absolute Gasteiger partial charge is 0.250 e. The highest BCUT2D eigenvalue weighted by Crippen LogP contribution is 2.34. The standard InChI is InChI=1S/C24H29N3O2/c1-25-11-7-19(15-24(25)28)16-26-12-8-20(9-13-26)29-23-4-2-3-22-21(23)10-14-27(22)17-18-5-6-18/h2-4,7,10-11,14-15,18,20H,5-6,8-9,12-13,16-17H2,1H3. The maximum absolute atomic E-state index is 11.8. The lowest BCUT2D eigenvalue weighted by atomic mass is 10.1. The molecule has 0 radical (unpaired) electrons. The molecule has 5 nitrogen and oxygen atoms in total. The molecule has 0 amide bonds. The molecular formula is C24H29N3O2. The number of aromatic nitrogens is 2. The van der Waals surface area contributed by atoms with Gasteiger partial charge in [0.25, 0.3) is 5.56 Å². The topological polar surface area (TPSA) is 39.4 Å². The quantitative estimate of drug-likeness (QED) is 0.642. The molecule has 2 aromatic heterocycles. The van der Waals surface area contributed by atoms with Crippen molar-refractivity contribution in [2.75, 3.05) is 13.1 Å². The maximum Gasteiger partial charge on any atom is 0.250 e. The average molecular weight is 392 g/mol. The predicted octanol–water partition coefficient (Wildman–Crippen LogP) is 3.79. The second kappa shape index (κ2) is 7.71. The second-order valence-corrected chi connectivity index (χ2v) is 8.68. The third-order valence-electron chi connectivity index (χ3n) is 6.33. The number of hydrogen-bond acceptors (Lipinski definition) is 3. The first-order valence-corrected chi connectivity index (χ1v) is 10.8. The van der Waals surface area contributed by atoms with Gasteiger partial charge >= 0.3 is 0 Å². The van der Waals surface area contributed by atoms with Gasteiger partial charge in [0.05, 0.1) is 5.52 Å². The Morgan fingerprint density at radius 2 is 1.86 bits per heavy atom. The van der Waals surface area contributed by atoms with Gasteiger partial charge in [0, 0.05) is 57.1 Å². The summed E-state index contributed by atoms with van der Waals surface area (Å²) in [4.78, 5) is 14.2. The molecule has 152 valence electrons. The van der Waals surface area contributed by atoms with Gasteiger partial charge in [0.15, 0.2) is 0 Å². The first-order chi connectivity index (χ1) is 14.2. The fraction of sp³-hybridized carbons (Fsp3) is 0.458. The summed E-state index contributed by atoms with van der Waals surface area (Å²) in [7, 11) is 1.79. The van der Waals surface area contributed by atoms with Crippen LogP contribution in [0.15, 0.2) is 53.6 Å². The number of ether oxygens (including phenoxy) is 1. The van der Waals surface area contributed by atoms with Gasteiger partial charge in [-0.25, -0.2) is 0 Å². The Morgan fingerprint density at radius 1 is 1.03 bits per heavy atom. The summed E-state index contributed by atoms with van der Waals surface area (Å²) in [5.74, 6) is 1.88. The van der Waals surface area contributed by atoms with Crippen molar-refractivity contribution in [2.45, 2.75) is 44.9 Å². The Hall–Kier alpha value is -2.53. The highest BCUT2D eigenvalue weighted by atomic mass is 16.5. The number of hydrogen-bond donors (Lipinski definition) is 0. The van der Waals surface area contributed by atoms with Crippen molar-refractivity contribution >= 4 is 10.9 Å². The van der Waals surface area contributed by atoms with Crippen molar-refractivity contribution in [1.29, 1.82) is 0 Å². The zero-order valence-electron chi connectivity index (χ0n) is 17.1. The van der Waals surface area contributed by atoms with Crippen LogP contribution in [0.1, 0.15) is 31.2 Å². The number of nitrogens with zero attached hydrogens (tertiary/aromatic N) is 3. The van der Waals surface area contributed by atoms with Crippen molar-refractivity contribution in [1.82, 2.24) is 14.0 Å². The molecule has 29 heavy (non-hydrogen) atoms. The Kier molecular flexibility index (Phi) is 4.92. The number of benzene rings is 1. The molecule has 3 aromatic rings. The van der Waals surface area contributed by atoms with Crippen LogP contribution in [-0.2, 0) is 20.1 Å². The number of rotatable bonds is 6. The Morgan fingerprint density at radius 3 is 2.62 bits per heavy atom. The van der Waals surface area contributed by atoms with Gasteiger partial charge in [-0.05, 0) is 61.4 Å². The van der Waals surface area contributed by atoms with E-state index >= 15 is 0 Å². The van der Waals surface area contributed by atoms with Crippen LogP contribution in [0.4, 0.5) is 0 Å². The number of fused-ring (bicyclic) bond motifs is 1. The fourth-order valence-corrected chi connectivity index (χ4v) is 4.35. The van der Waals surface area contributed by atoms with Crippen LogP contribution < -0.4 is 10.3 Å². The molecule has 1 saturated carbocycles. The van der Waals surface area contributed by atoms with Crippen LogP contribution in [0, 0.1) is 5.92 Å². The van der Waals surface area contributed by atoms with Crippen LogP contribution >= 0.6 is 0 Å². The van der Waals surface area contributed by atoms with E-state index in [9.17, 15) is 4.79 Å². The molecule has 3 heterocycles. The predicted molar refractivity (Wildman–Crippen MR) is 115 cm³/mol. The monoisotopic (exact) mass is 391 g/mol. The van der Waals surface area contributed by atoms with Crippen molar-refractivity contribution in [3.63, 3.8) is 0 Å². The van der Waals surface area contributed by atoms with Crippen molar-refractivity contribution in [3.8, 4) is 5.75 Å². The normalized spacial score (nSPS) is 18.4. The molecule has 5 heteroatoms. The van der Waals surface area contributed by atoms with E-state index in [0.717, 1.165) is 56.3 Å². The van der Waals surface area contributed by atoms with Gasteiger partial charge in [-0.15, -0.1) is 0 Å². The van der Waals surface area contributed by atoms with E-state index in [2.05, 4.69) is 39.9 Å². The lowest BCUT2D eigenvalue weighted by molar-refractivity contribution is 0.0979. The molecule has 0 bridgehead atoms. The fourth-order valence-electron chi connectivity index (χ4n) is 4.35. The summed E-state index contributed by atoms with van der Waals surface area (Å²) in [5, 5.41) is 1.23. The van der Waals surface area contributed by atoms with Crippen LogP contribution in [0.2, 0.25) is 0 Å². The first-order valence-electron chi connectivity index (χ1n) is 10.8. The van der Waals surface area contributed by atoms with E-state index in [0.29, 0.717) is 0 Å². The number of likely N-dealkylation sites (tertiary alicyclic amines) is 1. The molecule has 5 rings (SSSR count). The van der Waals surface area contributed by atoms with E-state index in [1.54, 1.807) is 17.7 Å². The first kappa shape index (κ1) is 18.5. The molecule has 2 aliphatic rings. The zero-order chi connectivity index (χ0) is 19.8. The van der Waals surface area contributed by atoms with Crippen molar-refractivity contribution in [2.24, 2.45) is 13.0 Å². The summed E-state index contributed by atoms with van der Waals surface area (Å²) in [6.07, 6.45) is 9.09. The minimum absolute atomic E-state index is 0.0578. The van der Waals surface area contributed by atoms with E-state index < -0.39 is 0 Å². The summed E-state index contributed by atoms with van der Waals surface area (Å²) in [6, 6.07) is 12.4. The minimum atomic E-state index is 0.0578. The molecule has 1 aromatic carbocycles. The lowest BCUT2D eigenvalue weighted by Gasteiger charge is -2.32. The number of piperidine rings is 1. The third kappa shape index (κ3) is 4.10. The molecule has 0 atom stereocenters. The van der Waals surface area contributed by atoms with Crippen LogP contribution in [-0.4, -0.2) is 33.2 Å². The largest absolute Gasteiger partial charge is 0.490 e. The molecule has 1 aliphatic heterocycles. The zero-order valence-corrected chi connectivity index (χ0v) is 17.1. The highest BCUT2D eigenvalue weighted by Gasteiger charge is 2.24. The van der Waals surface area contributed by atoms with Gasteiger partial charge < -0.3 is 13.9 Å².